The van der Waals surface area contributed by atoms with E-state index in [2.05, 4.69) is 15.2 Å². The minimum atomic E-state index is -0.361. The number of carbonyl (C=O) groups excluding carboxylic acids is 2. The van der Waals surface area contributed by atoms with Crippen LogP contribution in [-0.4, -0.2) is 45.6 Å². The van der Waals surface area contributed by atoms with Gasteiger partial charge < -0.3 is 14.6 Å². The summed E-state index contributed by atoms with van der Waals surface area (Å²) in [6, 6.07) is 7.37. The minimum absolute atomic E-state index is 0.0535. The lowest BCUT2D eigenvalue weighted by Crippen LogP contribution is -2.36. The molecule has 3 heterocycles. The number of rotatable bonds is 3. The van der Waals surface area contributed by atoms with Gasteiger partial charge >= 0.3 is 5.97 Å². The third-order valence-electron chi connectivity index (χ3n) is 5.52. The van der Waals surface area contributed by atoms with Gasteiger partial charge in [-0.2, -0.15) is 5.10 Å². The van der Waals surface area contributed by atoms with E-state index in [1.165, 1.54) is 20.0 Å². The SMILES string of the molecule is COC(=O)c1ccc2[nH]c3c(c2c1)CN(C(=O)c1cc(C2CC2)[nH]n1)CC3. The summed E-state index contributed by atoms with van der Waals surface area (Å²) in [7, 11) is 1.37. The highest BCUT2D eigenvalue weighted by atomic mass is 16.5. The van der Waals surface area contributed by atoms with Gasteiger partial charge in [-0.3, -0.25) is 9.89 Å². The topological polar surface area (TPSA) is 91.1 Å². The molecule has 1 aliphatic heterocycles. The fraction of sp³-hybridized carbons (Fsp3) is 0.350. The molecular formula is C20H20N4O3. The normalized spacial score (nSPS) is 16.4. The fourth-order valence-corrected chi connectivity index (χ4v) is 3.84. The van der Waals surface area contributed by atoms with Gasteiger partial charge in [-0.25, -0.2) is 4.79 Å². The molecule has 5 rings (SSSR count). The molecule has 1 saturated carbocycles. The lowest BCUT2D eigenvalue weighted by atomic mass is 10.0. The van der Waals surface area contributed by atoms with Gasteiger partial charge in [0, 0.05) is 53.3 Å². The number of hydrogen-bond acceptors (Lipinski definition) is 4. The van der Waals surface area contributed by atoms with Gasteiger partial charge in [0.25, 0.3) is 5.91 Å². The maximum Gasteiger partial charge on any atom is 0.337 e. The minimum Gasteiger partial charge on any atom is -0.465 e. The van der Waals surface area contributed by atoms with E-state index in [0.717, 1.165) is 34.3 Å². The third-order valence-corrected chi connectivity index (χ3v) is 5.52. The molecule has 7 nitrogen and oxygen atoms in total. The highest BCUT2D eigenvalue weighted by molar-refractivity contribution is 5.97. The number of fused-ring (bicyclic) bond motifs is 3. The summed E-state index contributed by atoms with van der Waals surface area (Å²) in [5, 5.41) is 8.19. The summed E-state index contributed by atoms with van der Waals surface area (Å²) in [4.78, 5) is 30.0. The number of benzene rings is 1. The fourth-order valence-electron chi connectivity index (χ4n) is 3.84. The second-order valence-corrected chi connectivity index (χ2v) is 7.29. The van der Waals surface area contributed by atoms with Crippen molar-refractivity contribution in [3.63, 3.8) is 0 Å². The van der Waals surface area contributed by atoms with Gasteiger partial charge in [0.2, 0.25) is 0 Å². The smallest absolute Gasteiger partial charge is 0.337 e. The first-order valence-corrected chi connectivity index (χ1v) is 9.20. The summed E-state index contributed by atoms with van der Waals surface area (Å²) < 4.78 is 4.82. The number of H-pyrrole nitrogens is 2. The number of esters is 1. The van der Waals surface area contributed by atoms with Crippen LogP contribution in [0.2, 0.25) is 0 Å². The van der Waals surface area contributed by atoms with Crippen LogP contribution in [0.1, 0.15) is 56.6 Å². The molecule has 1 amide bonds. The average Bonchev–Trinajstić information content (AvgIpc) is 3.32. The van der Waals surface area contributed by atoms with Crippen molar-refractivity contribution in [2.75, 3.05) is 13.7 Å². The molecule has 0 radical (unpaired) electrons. The van der Waals surface area contributed by atoms with Crippen LogP contribution in [-0.2, 0) is 17.7 Å². The first-order chi connectivity index (χ1) is 13.1. The van der Waals surface area contributed by atoms with Crippen LogP contribution in [0, 0.1) is 0 Å². The molecule has 0 bridgehead atoms. The van der Waals surface area contributed by atoms with E-state index in [-0.39, 0.29) is 11.9 Å². The number of aromatic nitrogens is 3. The van der Waals surface area contributed by atoms with Crippen molar-refractivity contribution in [1.82, 2.24) is 20.1 Å². The Morgan fingerprint density at radius 1 is 1.26 bits per heavy atom. The van der Waals surface area contributed by atoms with E-state index >= 15 is 0 Å². The number of methoxy groups -OCH3 is 1. The molecule has 138 valence electrons. The first-order valence-electron chi connectivity index (χ1n) is 9.20. The molecular weight excluding hydrogens is 344 g/mol. The molecule has 3 aromatic rings. The van der Waals surface area contributed by atoms with Crippen LogP contribution in [0.15, 0.2) is 24.3 Å². The Hall–Kier alpha value is -3.09. The third kappa shape index (κ3) is 2.70. The van der Waals surface area contributed by atoms with E-state index in [0.29, 0.717) is 30.3 Å². The van der Waals surface area contributed by atoms with Gasteiger partial charge in [0.15, 0.2) is 0 Å². The van der Waals surface area contributed by atoms with Crippen molar-refractivity contribution in [2.45, 2.75) is 31.7 Å². The molecule has 1 aliphatic carbocycles. The average molecular weight is 364 g/mol. The Morgan fingerprint density at radius 3 is 2.89 bits per heavy atom. The molecule has 2 N–H and O–H groups in total. The van der Waals surface area contributed by atoms with Crippen molar-refractivity contribution >= 4 is 22.8 Å². The first kappa shape index (κ1) is 16.1. The largest absolute Gasteiger partial charge is 0.465 e. The molecule has 7 heteroatoms. The number of carbonyl (C=O) groups is 2. The molecule has 2 aliphatic rings. The molecule has 1 aromatic carbocycles. The highest BCUT2D eigenvalue weighted by Gasteiger charge is 2.29. The van der Waals surface area contributed by atoms with Crippen molar-refractivity contribution < 1.29 is 14.3 Å². The molecule has 0 spiro atoms. The Balaban J connectivity index is 1.45. The molecule has 0 atom stereocenters. The van der Waals surface area contributed by atoms with E-state index < -0.39 is 0 Å². The number of nitrogens with zero attached hydrogens (tertiary/aromatic N) is 2. The lowest BCUT2D eigenvalue weighted by Gasteiger charge is -2.26. The molecule has 1 fully saturated rings. The van der Waals surface area contributed by atoms with E-state index in [4.69, 9.17) is 4.74 Å². The van der Waals surface area contributed by atoms with Crippen LogP contribution in [0.25, 0.3) is 10.9 Å². The van der Waals surface area contributed by atoms with Gasteiger partial charge in [0.05, 0.1) is 12.7 Å². The van der Waals surface area contributed by atoms with Crippen LogP contribution in [0.5, 0.6) is 0 Å². The maximum absolute atomic E-state index is 12.9. The van der Waals surface area contributed by atoms with Crippen molar-refractivity contribution in [2.24, 2.45) is 0 Å². The lowest BCUT2D eigenvalue weighted by molar-refractivity contribution is 0.0600. The van der Waals surface area contributed by atoms with Gasteiger partial charge in [-0.15, -0.1) is 0 Å². The highest BCUT2D eigenvalue weighted by Crippen LogP contribution is 2.39. The number of nitrogens with one attached hydrogen (secondary N) is 2. The summed E-state index contributed by atoms with van der Waals surface area (Å²) in [5.74, 6) is 0.124. The number of ether oxygens (including phenoxy) is 1. The molecule has 0 unspecified atom stereocenters. The number of amides is 1. The molecule has 0 saturated heterocycles. The Labute approximate surface area is 155 Å². The summed E-state index contributed by atoms with van der Waals surface area (Å²) in [6.07, 6.45) is 3.09. The van der Waals surface area contributed by atoms with E-state index in [1.807, 2.05) is 23.1 Å². The van der Waals surface area contributed by atoms with Crippen LogP contribution < -0.4 is 0 Å². The maximum atomic E-state index is 12.9. The zero-order chi connectivity index (χ0) is 18.5. The van der Waals surface area contributed by atoms with Crippen LogP contribution in [0.4, 0.5) is 0 Å². The Kier molecular flexibility index (Phi) is 3.56. The van der Waals surface area contributed by atoms with Crippen molar-refractivity contribution in [3.05, 3.63) is 52.5 Å². The second kappa shape index (κ2) is 5.97. The van der Waals surface area contributed by atoms with Crippen LogP contribution >= 0.6 is 0 Å². The van der Waals surface area contributed by atoms with Gasteiger partial charge in [-0.1, -0.05) is 0 Å². The zero-order valence-corrected chi connectivity index (χ0v) is 15.0. The Bertz CT molecular complexity index is 1060. The molecule has 27 heavy (non-hydrogen) atoms. The predicted molar refractivity (Wildman–Crippen MR) is 98.6 cm³/mol. The monoisotopic (exact) mass is 364 g/mol. The summed E-state index contributed by atoms with van der Waals surface area (Å²) >= 11 is 0. The van der Waals surface area contributed by atoms with Crippen molar-refractivity contribution in [3.8, 4) is 0 Å². The second-order valence-electron chi connectivity index (χ2n) is 7.29. The van der Waals surface area contributed by atoms with Crippen LogP contribution in [0.3, 0.4) is 0 Å². The Morgan fingerprint density at radius 2 is 2.11 bits per heavy atom. The molecule has 2 aromatic heterocycles. The standard InChI is InChI=1S/C20H20N4O3/c1-27-20(26)12-4-5-15-13(8-12)14-10-24(7-6-16(14)21-15)19(25)18-9-17(22-23-18)11-2-3-11/h4-5,8-9,11,21H,2-3,6-7,10H2,1H3,(H,22,23). The number of aromatic amines is 2. The summed E-state index contributed by atoms with van der Waals surface area (Å²) in [6.45, 7) is 1.15. The zero-order valence-electron chi connectivity index (χ0n) is 15.0. The van der Waals surface area contributed by atoms with Gasteiger partial charge in [0.1, 0.15) is 5.69 Å². The van der Waals surface area contributed by atoms with Crippen molar-refractivity contribution in [1.29, 1.82) is 0 Å². The van der Waals surface area contributed by atoms with Gasteiger partial charge in [-0.05, 0) is 37.1 Å². The van der Waals surface area contributed by atoms with E-state index in [9.17, 15) is 9.59 Å². The predicted octanol–water partition coefficient (Wildman–Crippen LogP) is 2.75. The van der Waals surface area contributed by atoms with E-state index in [1.54, 1.807) is 6.07 Å². The summed E-state index contributed by atoms with van der Waals surface area (Å²) in [5.41, 5.74) is 5.21. The quantitative estimate of drug-likeness (QED) is 0.699. The number of hydrogen-bond donors (Lipinski definition) is 2.